The summed E-state index contributed by atoms with van der Waals surface area (Å²) < 4.78 is 13.0. The van der Waals surface area contributed by atoms with E-state index >= 15 is 0 Å². The molecule has 0 N–H and O–H groups in total. The van der Waals surface area contributed by atoms with Crippen LogP contribution in [0.5, 0.6) is 0 Å². The van der Waals surface area contributed by atoms with Crippen molar-refractivity contribution in [1.82, 2.24) is 0 Å². The molecule has 0 spiro atoms. The van der Waals surface area contributed by atoms with Gasteiger partial charge in [0.15, 0.2) is 0 Å². The highest BCUT2D eigenvalue weighted by molar-refractivity contribution is 8.15. The maximum atomic E-state index is 13.0. The van der Waals surface area contributed by atoms with Gasteiger partial charge in [-0.25, -0.2) is 4.20 Å². The van der Waals surface area contributed by atoms with Gasteiger partial charge < -0.3 is 0 Å². The molecule has 0 bridgehead atoms. The predicted molar refractivity (Wildman–Crippen MR) is 47.4 cm³/mol. The minimum absolute atomic E-state index is 0.657. The molecule has 0 aliphatic heterocycles. The molecule has 0 aromatic heterocycles. The van der Waals surface area contributed by atoms with Crippen molar-refractivity contribution in [3.8, 4) is 0 Å². The van der Waals surface area contributed by atoms with Gasteiger partial charge in [0.05, 0.1) is 0 Å². The van der Waals surface area contributed by atoms with E-state index in [0.29, 0.717) is 5.30 Å². The van der Waals surface area contributed by atoms with Crippen LogP contribution in [0.1, 0.15) is 0 Å². The van der Waals surface area contributed by atoms with Gasteiger partial charge in [-0.2, -0.15) is 0 Å². The second-order valence-electron chi connectivity index (χ2n) is 2.16. The lowest BCUT2D eigenvalue weighted by Gasteiger charge is -2.03. The van der Waals surface area contributed by atoms with Crippen LogP contribution in [0.2, 0.25) is 0 Å². The van der Waals surface area contributed by atoms with Gasteiger partial charge >= 0.3 is 0 Å². The van der Waals surface area contributed by atoms with Gasteiger partial charge in [0, 0.05) is 5.30 Å². The van der Waals surface area contributed by atoms with Gasteiger partial charge in [-0.3, -0.25) is 0 Å². The Morgan fingerprint density at radius 3 is 2.10 bits per heavy atom. The van der Waals surface area contributed by atoms with E-state index in [9.17, 15) is 4.20 Å². The zero-order valence-corrected chi connectivity index (χ0v) is 7.33. The Kier molecular flexibility index (Phi) is 2.22. The van der Waals surface area contributed by atoms with E-state index < -0.39 is 6.35 Å². The fourth-order valence-electron chi connectivity index (χ4n) is 0.694. The van der Waals surface area contributed by atoms with Crippen LogP contribution in [0.25, 0.3) is 0 Å². The van der Waals surface area contributed by atoms with Crippen LogP contribution >= 0.6 is 6.35 Å². The molecule has 1 aromatic carbocycles. The van der Waals surface area contributed by atoms with E-state index in [1.165, 1.54) is 6.66 Å². The van der Waals surface area contributed by atoms with Crippen molar-refractivity contribution < 1.29 is 4.20 Å². The molecular weight excluding hydrogens is 166 g/mol. The second kappa shape index (κ2) is 2.81. The molecule has 0 radical (unpaired) electrons. The second-order valence-corrected chi connectivity index (χ2v) is 6.37. The molecule has 0 fully saturated rings. The molecule has 1 unspecified atom stereocenters. The highest BCUT2D eigenvalue weighted by Crippen LogP contribution is 2.41. The summed E-state index contributed by atoms with van der Waals surface area (Å²) in [5.74, 6) is 0. The topological polar surface area (TPSA) is 0 Å². The number of hydrogen-bond acceptors (Lipinski definition) is 1. The first-order chi connectivity index (χ1) is 4.61. The maximum absolute atomic E-state index is 13.0. The third-order valence-electron chi connectivity index (χ3n) is 1.22. The molecule has 1 atom stereocenters. The van der Waals surface area contributed by atoms with Crippen molar-refractivity contribution in [2.45, 2.75) is 0 Å². The van der Waals surface area contributed by atoms with Crippen LogP contribution in [0.15, 0.2) is 30.3 Å². The van der Waals surface area contributed by atoms with Gasteiger partial charge in [0.25, 0.3) is 0 Å². The summed E-state index contributed by atoms with van der Waals surface area (Å²) in [6.07, 6.45) is -2.68. The summed E-state index contributed by atoms with van der Waals surface area (Å²) in [5.41, 5.74) is 0. The van der Waals surface area contributed by atoms with Crippen molar-refractivity contribution in [2.24, 2.45) is 0 Å². The summed E-state index contributed by atoms with van der Waals surface area (Å²) in [4.78, 5) is 0. The zero-order valence-electron chi connectivity index (χ0n) is 5.62. The largest absolute Gasteiger partial charge is 0.213 e. The molecule has 0 heterocycles. The van der Waals surface area contributed by atoms with Gasteiger partial charge in [0.2, 0.25) is 0 Å². The smallest absolute Gasteiger partial charge is 0.139 e. The number of benzene rings is 1. The van der Waals surface area contributed by atoms with Gasteiger partial charge in [-0.1, -0.05) is 42.1 Å². The van der Waals surface area contributed by atoms with E-state index in [4.69, 9.17) is 11.8 Å². The standard InChI is InChI=1S/C7H8FPS/c1-9(8,10)7-5-3-2-4-6-7/h2-6H,1H3. The Bertz CT molecular complexity index is 252. The highest BCUT2D eigenvalue weighted by Gasteiger charge is 2.08. The fourth-order valence-corrected chi connectivity index (χ4v) is 1.76. The third-order valence-corrected chi connectivity index (χ3v) is 3.07. The van der Waals surface area contributed by atoms with E-state index in [-0.39, 0.29) is 0 Å². The Morgan fingerprint density at radius 1 is 1.30 bits per heavy atom. The van der Waals surface area contributed by atoms with Crippen molar-refractivity contribution in [3.63, 3.8) is 0 Å². The number of hydrogen-bond donors (Lipinski definition) is 0. The van der Waals surface area contributed by atoms with Crippen LogP contribution in [0.4, 0.5) is 4.20 Å². The van der Waals surface area contributed by atoms with Crippen LogP contribution in [0, 0.1) is 0 Å². The minimum Gasteiger partial charge on any atom is -0.213 e. The average molecular weight is 174 g/mol. The summed E-state index contributed by atoms with van der Waals surface area (Å²) in [6, 6.07) is 8.94. The molecular formula is C7H8FPS. The molecule has 1 aromatic rings. The molecule has 0 nitrogen and oxygen atoms in total. The zero-order chi connectivity index (χ0) is 7.61. The van der Waals surface area contributed by atoms with Gasteiger partial charge in [-0.05, 0) is 6.66 Å². The van der Waals surface area contributed by atoms with Crippen LogP contribution in [-0.2, 0) is 11.8 Å². The van der Waals surface area contributed by atoms with Crippen LogP contribution in [0.3, 0.4) is 0 Å². The summed E-state index contributed by atoms with van der Waals surface area (Å²) in [6.45, 7) is 1.48. The van der Waals surface area contributed by atoms with Gasteiger partial charge in [-0.15, -0.1) is 0 Å². The van der Waals surface area contributed by atoms with Crippen LogP contribution in [-0.4, -0.2) is 6.66 Å². The molecule has 54 valence electrons. The predicted octanol–water partition coefficient (Wildman–Crippen LogP) is 2.31. The quantitative estimate of drug-likeness (QED) is 0.589. The minimum atomic E-state index is -2.68. The number of rotatable bonds is 1. The SMILES string of the molecule is CP(F)(=S)c1ccccc1. The average Bonchev–Trinajstić information content (AvgIpc) is 1.88. The number of halogens is 1. The normalized spacial score (nSPS) is 16.2. The monoisotopic (exact) mass is 174 g/mol. The third kappa shape index (κ3) is 1.89. The molecule has 0 saturated heterocycles. The first-order valence-corrected chi connectivity index (χ1v) is 6.07. The Labute approximate surface area is 65.2 Å². The first kappa shape index (κ1) is 7.90. The van der Waals surface area contributed by atoms with E-state index in [1.807, 2.05) is 6.07 Å². The Balaban J connectivity index is 3.09. The molecule has 0 saturated carbocycles. The Morgan fingerprint density at radius 2 is 1.80 bits per heavy atom. The maximum Gasteiger partial charge on any atom is 0.139 e. The fraction of sp³-hybridized carbons (Fsp3) is 0.143. The molecule has 0 amide bonds. The van der Waals surface area contributed by atoms with E-state index in [2.05, 4.69) is 0 Å². The van der Waals surface area contributed by atoms with Crippen molar-refractivity contribution in [3.05, 3.63) is 30.3 Å². The molecule has 10 heavy (non-hydrogen) atoms. The van der Waals surface area contributed by atoms with E-state index in [0.717, 1.165) is 0 Å². The van der Waals surface area contributed by atoms with Crippen molar-refractivity contribution in [1.29, 1.82) is 0 Å². The molecule has 0 aliphatic rings. The summed E-state index contributed by atoms with van der Waals surface area (Å²) in [7, 11) is 0. The Hall–Kier alpha value is -0.200. The van der Waals surface area contributed by atoms with Gasteiger partial charge in [0.1, 0.15) is 6.35 Å². The lowest BCUT2D eigenvalue weighted by molar-refractivity contribution is 0.908. The first-order valence-electron chi connectivity index (χ1n) is 2.93. The summed E-state index contributed by atoms with van der Waals surface area (Å²) in [5, 5.41) is 0.657. The molecule has 0 aliphatic carbocycles. The van der Waals surface area contributed by atoms with Crippen molar-refractivity contribution in [2.75, 3.05) is 6.66 Å². The molecule has 3 heteroatoms. The molecule has 1 rings (SSSR count). The van der Waals surface area contributed by atoms with E-state index in [1.54, 1.807) is 24.3 Å². The lowest BCUT2D eigenvalue weighted by atomic mass is 10.4. The lowest BCUT2D eigenvalue weighted by Crippen LogP contribution is -1.97. The van der Waals surface area contributed by atoms with Crippen molar-refractivity contribution >= 4 is 23.5 Å². The highest BCUT2D eigenvalue weighted by atomic mass is 32.5. The summed E-state index contributed by atoms with van der Waals surface area (Å²) >= 11 is 4.70. The van der Waals surface area contributed by atoms with Crippen LogP contribution < -0.4 is 5.30 Å².